The van der Waals surface area contributed by atoms with Crippen molar-refractivity contribution < 1.29 is 31.4 Å². The van der Waals surface area contributed by atoms with Crippen LogP contribution in [-0.2, 0) is 6.18 Å². The summed E-state index contributed by atoms with van der Waals surface area (Å²) in [6.45, 7) is -1.02. The van der Waals surface area contributed by atoms with E-state index in [0.29, 0.717) is 12.3 Å². The summed E-state index contributed by atoms with van der Waals surface area (Å²) in [5, 5.41) is 10.7. The number of aliphatic hydroxyl groups is 1. The molecule has 1 aromatic rings. The fourth-order valence-corrected chi connectivity index (χ4v) is 1.10. The number of aliphatic hydroxyl groups excluding tert-OH is 1. The Bertz CT molecular complexity index is 445. The van der Waals surface area contributed by atoms with Crippen LogP contribution in [0.25, 0.3) is 0 Å². The first-order valence-electron chi connectivity index (χ1n) is 4.83. The lowest BCUT2D eigenvalue weighted by atomic mass is 10.2. The van der Waals surface area contributed by atoms with E-state index in [1.807, 2.05) is 5.32 Å². The number of hydrogen-bond donors (Lipinski definition) is 3. The van der Waals surface area contributed by atoms with Crippen molar-refractivity contribution in [3.05, 3.63) is 18.0 Å². The smallest absolute Gasteiger partial charge is 0.396 e. The lowest BCUT2D eigenvalue weighted by Gasteiger charge is -2.17. The minimum atomic E-state index is -4.87. The zero-order chi connectivity index (χ0) is 14.8. The van der Waals surface area contributed by atoms with Gasteiger partial charge in [0.15, 0.2) is 6.10 Å². The fourth-order valence-electron chi connectivity index (χ4n) is 1.10. The van der Waals surface area contributed by atoms with Gasteiger partial charge in [0, 0.05) is 6.54 Å². The Kier molecular flexibility index (Phi) is 4.13. The second kappa shape index (κ2) is 5.11. The van der Waals surface area contributed by atoms with E-state index in [0.717, 1.165) is 0 Å². The molecule has 1 atom stereocenters. The molecule has 1 rings (SSSR count). The zero-order valence-corrected chi connectivity index (χ0v) is 9.18. The first kappa shape index (κ1) is 15.3. The molecule has 4 nitrogen and oxygen atoms in total. The molecule has 1 aromatic heterocycles. The minimum Gasteiger partial charge on any atom is -0.396 e. The van der Waals surface area contributed by atoms with Crippen LogP contribution in [0, 0.1) is 0 Å². The summed E-state index contributed by atoms with van der Waals surface area (Å²) in [6, 6.07) is 0.471. The van der Waals surface area contributed by atoms with Gasteiger partial charge in [-0.05, 0) is 6.07 Å². The van der Waals surface area contributed by atoms with E-state index >= 15 is 0 Å². The summed E-state index contributed by atoms with van der Waals surface area (Å²) in [7, 11) is 0. The number of rotatable bonds is 3. The van der Waals surface area contributed by atoms with Crippen molar-refractivity contribution in [1.82, 2.24) is 4.98 Å². The molecule has 0 bridgehead atoms. The molecule has 108 valence electrons. The predicted octanol–water partition coefficient (Wildman–Crippen LogP) is 2.02. The lowest BCUT2D eigenvalue weighted by Crippen LogP contribution is -2.35. The van der Waals surface area contributed by atoms with Gasteiger partial charge in [-0.1, -0.05) is 0 Å². The highest BCUT2D eigenvalue weighted by molar-refractivity contribution is 5.65. The van der Waals surface area contributed by atoms with E-state index in [-0.39, 0.29) is 11.4 Å². The molecule has 1 heterocycles. The number of halogens is 6. The summed E-state index contributed by atoms with van der Waals surface area (Å²) in [4.78, 5) is 3.01. The molecule has 0 amide bonds. The first-order chi connectivity index (χ1) is 8.51. The Morgan fingerprint density at radius 3 is 2.32 bits per heavy atom. The Morgan fingerprint density at radius 1 is 1.26 bits per heavy atom. The van der Waals surface area contributed by atoms with E-state index in [9.17, 15) is 26.3 Å². The van der Waals surface area contributed by atoms with Crippen LogP contribution < -0.4 is 11.1 Å². The number of pyridine rings is 1. The molecule has 1 unspecified atom stereocenters. The maximum absolute atomic E-state index is 12.3. The molecule has 0 aromatic carbocycles. The minimum absolute atomic E-state index is 0.262. The van der Waals surface area contributed by atoms with Gasteiger partial charge in [-0.2, -0.15) is 26.3 Å². The summed E-state index contributed by atoms with van der Waals surface area (Å²) in [5.41, 5.74) is 3.33. The summed E-state index contributed by atoms with van der Waals surface area (Å²) < 4.78 is 73.0. The predicted molar refractivity (Wildman–Crippen MR) is 54.2 cm³/mol. The Balaban J connectivity index is 2.84. The van der Waals surface area contributed by atoms with Gasteiger partial charge in [0.25, 0.3) is 0 Å². The van der Waals surface area contributed by atoms with Crippen LogP contribution in [0.5, 0.6) is 0 Å². The summed E-state index contributed by atoms with van der Waals surface area (Å²) in [6.07, 6.45) is -11.7. The molecule has 10 heteroatoms. The SMILES string of the molecule is Nc1cnc(C(F)(F)F)cc1NCC(O)C(F)(F)F. The quantitative estimate of drug-likeness (QED) is 0.744. The van der Waals surface area contributed by atoms with E-state index in [2.05, 4.69) is 4.98 Å². The summed E-state index contributed by atoms with van der Waals surface area (Å²) >= 11 is 0. The number of anilines is 2. The van der Waals surface area contributed by atoms with Crippen LogP contribution in [0.4, 0.5) is 37.7 Å². The maximum Gasteiger partial charge on any atom is 0.433 e. The number of alkyl halides is 6. The third-order valence-electron chi connectivity index (χ3n) is 2.09. The van der Waals surface area contributed by atoms with Crippen molar-refractivity contribution in [2.45, 2.75) is 18.5 Å². The van der Waals surface area contributed by atoms with Crippen molar-refractivity contribution >= 4 is 11.4 Å². The molecule has 0 spiro atoms. The second-order valence-electron chi connectivity index (χ2n) is 3.59. The van der Waals surface area contributed by atoms with E-state index in [1.54, 1.807) is 0 Å². The van der Waals surface area contributed by atoms with E-state index in [4.69, 9.17) is 10.8 Å². The van der Waals surface area contributed by atoms with Crippen LogP contribution in [-0.4, -0.2) is 28.9 Å². The van der Waals surface area contributed by atoms with Crippen LogP contribution in [0.15, 0.2) is 12.3 Å². The van der Waals surface area contributed by atoms with Gasteiger partial charge in [0.2, 0.25) is 0 Å². The van der Waals surface area contributed by atoms with Gasteiger partial charge in [0.05, 0.1) is 17.6 Å². The topological polar surface area (TPSA) is 71.2 Å². The molecular weight excluding hydrogens is 280 g/mol. The average molecular weight is 289 g/mol. The second-order valence-corrected chi connectivity index (χ2v) is 3.59. The van der Waals surface area contributed by atoms with E-state index in [1.165, 1.54) is 0 Å². The number of aromatic nitrogens is 1. The van der Waals surface area contributed by atoms with Gasteiger partial charge in [-0.25, -0.2) is 4.98 Å². The molecule has 0 radical (unpaired) electrons. The van der Waals surface area contributed by atoms with Gasteiger partial charge < -0.3 is 16.2 Å². The largest absolute Gasteiger partial charge is 0.433 e. The Hall–Kier alpha value is -1.71. The Labute approximate surface area is 103 Å². The summed E-state index contributed by atoms with van der Waals surface area (Å²) in [5.74, 6) is 0. The van der Waals surface area contributed by atoms with Crippen LogP contribution in [0.3, 0.4) is 0 Å². The normalized spacial score (nSPS) is 14.3. The third-order valence-corrected chi connectivity index (χ3v) is 2.09. The third kappa shape index (κ3) is 4.16. The lowest BCUT2D eigenvalue weighted by molar-refractivity contribution is -0.198. The molecule has 0 aliphatic heterocycles. The monoisotopic (exact) mass is 289 g/mol. The fraction of sp³-hybridized carbons (Fsp3) is 0.444. The number of nitrogens with zero attached hydrogens (tertiary/aromatic N) is 1. The maximum atomic E-state index is 12.3. The van der Waals surface area contributed by atoms with Gasteiger partial charge in [0.1, 0.15) is 5.69 Å². The molecule has 0 saturated heterocycles. The molecule has 0 saturated carbocycles. The van der Waals surface area contributed by atoms with Crippen molar-refractivity contribution in [3.63, 3.8) is 0 Å². The Morgan fingerprint density at radius 2 is 1.84 bits per heavy atom. The number of hydrogen-bond acceptors (Lipinski definition) is 4. The van der Waals surface area contributed by atoms with Crippen molar-refractivity contribution in [2.24, 2.45) is 0 Å². The highest BCUT2D eigenvalue weighted by Crippen LogP contribution is 2.31. The molecule has 19 heavy (non-hydrogen) atoms. The molecule has 0 aliphatic rings. The van der Waals surface area contributed by atoms with Crippen LogP contribution in [0.1, 0.15) is 5.69 Å². The average Bonchev–Trinajstić information content (AvgIpc) is 2.24. The van der Waals surface area contributed by atoms with Gasteiger partial charge in [-0.15, -0.1) is 0 Å². The van der Waals surface area contributed by atoms with Crippen molar-refractivity contribution in [2.75, 3.05) is 17.6 Å². The van der Waals surface area contributed by atoms with Gasteiger partial charge >= 0.3 is 12.4 Å². The molecule has 0 fully saturated rings. The first-order valence-corrected chi connectivity index (χ1v) is 4.83. The standard InChI is InChI=1S/C9H9F6N3O/c10-8(11,12)6-1-5(4(16)2-18-6)17-3-7(19)9(13,14)15/h1-2,7,19H,3,16H2,(H,17,18). The van der Waals surface area contributed by atoms with E-state index < -0.39 is 30.7 Å². The number of nitrogens with one attached hydrogen (secondary N) is 1. The van der Waals surface area contributed by atoms with Crippen LogP contribution in [0.2, 0.25) is 0 Å². The molecular formula is C9H9F6N3O. The van der Waals surface area contributed by atoms with Crippen LogP contribution >= 0.6 is 0 Å². The zero-order valence-electron chi connectivity index (χ0n) is 9.18. The number of nitrogens with two attached hydrogens (primary N) is 1. The van der Waals surface area contributed by atoms with Crippen molar-refractivity contribution in [3.8, 4) is 0 Å². The van der Waals surface area contributed by atoms with Gasteiger partial charge in [-0.3, -0.25) is 0 Å². The number of nitrogen functional groups attached to an aromatic ring is 1. The molecule has 0 aliphatic carbocycles. The highest BCUT2D eigenvalue weighted by Gasteiger charge is 2.38. The molecule has 4 N–H and O–H groups in total. The van der Waals surface area contributed by atoms with Crippen molar-refractivity contribution in [1.29, 1.82) is 0 Å². The highest BCUT2D eigenvalue weighted by atomic mass is 19.4.